The smallest absolute Gasteiger partial charge is 0.152 e. The molecule has 1 unspecified atom stereocenters. The van der Waals surface area contributed by atoms with Gasteiger partial charge in [-0.1, -0.05) is 6.07 Å². The van der Waals surface area contributed by atoms with Gasteiger partial charge in [-0.05, 0) is 11.4 Å². The van der Waals surface area contributed by atoms with Crippen LogP contribution in [0.4, 0.5) is 0 Å². The maximum absolute atomic E-state index is 8.99. The Morgan fingerprint density at radius 1 is 1.78 bits per heavy atom. The molecule has 0 saturated carbocycles. The first-order chi connectivity index (χ1) is 4.34. The highest BCUT2D eigenvalue weighted by Crippen LogP contribution is 2.14. The maximum Gasteiger partial charge on any atom is 0.152 e. The van der Waals surface area contributed by atoms with Gasteiger partial charge in [0.15, 0.2) is 6.23 Å². The molecule has 0 fully saturated rings. The lowest BCUT2D eigenvalue weighted by Gasteiger charge is -2.03. The van der Waals surface area contributed by atoms with Crippen molar-refractivity contribution in [3.8, 4) is 0 Å². The van der Waals surface area contributed by atoms with Crippen molar-refractivity contribution in [1.82, 2.24) is 5.43 Å². The lowest BCUT2D eigenvalue weighted by molar-refractivity contribution is 0.144. The molecule has 0 aliphatic carbocycles. The second-order valence-corrected chi connectivity index (χ2v) is 2.56. The van der Waals surface area contributed by atoms with E-state index in [0.717, 1.165) is 4.88 Å². The van der Waals surface area contributed by atoms with Gasteiger partial charge in [0.05, 0.1) is 0 Å². The fraction of sp³-hybridized carbons (Fsp3) is 0.200. The van der Waals surface area contributed by atoms with E-state index in [4.69, 9.17) is 10.9 Å². The van der Waals surface area contributed by atoms with E-state index in [-0.39, 0.29) is 0 Å². The van der Waals surface area contributed by atoms with Gasteiger partial charge in [0, 0.05) is 4.88 Å². The van der Waals surface area contributed by atoms with Crippen molar-refractivity contribution in [2.75, 3.05) is 0 Å². The molecule has 4 N–H and O–H groups in total. The zero-order valence-corrected chi connectivity index (χ0v) is 5.56. The summed E-state index contributed by atoms with van der Waals surface area (Å²) in [4.78, 5) is 0.831. The van der Waals surface area contributed by atoms with Crippen molar-refractivity contribution in [3.05, 3.63) is 22.4 Å². The molecule has 0 aliphatic heterocycles. The van der Waals surface area contributed by atoms with E-state index in [9.17, 15) is 0 Å². The third-order valence-electron chi connectivity index (χ3n) is 0.971. The molecular formula is C5H8N2OS. The minimum Gasteiger partial charge on any atom is -0.372 e. The van der Waals surface area contributed by atoms with Crippen LogP contribution >= 0.6 is 11.3 Å². The molecule has 0 saturated heterocycles. The first-order valence-electron chi connectivity index (χ1n) is 2.52. The number of hydrogen-bond donors (Lipinski definition) is 3. The molecule has 0 aromatic carbocycles. The first-order valence-corrected chi connectivity index (χ1v) is 3.40. The number of aliphatic hydroxyl groups is 1. The van der Waals surface area contributed by atoms with Crippen LogP contribution in [0.2, 0.25) is 0 Å². The molecule has 4 heteroatoms. The fourth-order valence-corrected chi connectivity index (χ4v) is 1.20. The number of aliphatic hydroxyl groups excluding tert-OH is 1. The van der Waals surface area contributed by atoms with E-state index in [0.29, 0.717) is 0 Å². The van der Waals surface area contributed by atoms with Gasteiger partial charge < -0.3 is 5.11 Å². The highest BCUT2D eigenvalue weighted by atomic mass is 32.1. The first kappa shape index (κ1) is 6.70. The number of hydrogen-bond acceptors (Lipinski definition) is 4. The minimum atomic E-state index is -0.718. The SMILES string of the molecule is NNC(O)c1cccs1. The van der Waals surface area contributed by atoms with Crippen LogP contribution in [-0.2, 0) is 0 Å². The minimum absolute atomic E-state index is 0.718. The van der Waals surface area contributed by atoms with Crippen LogP contribution < -0.4 is 11.3 Å². The molecule has 0 radical (unpaired) electrons. The quantitative estimate of drug-likeness (QED) is 0.316. The van der Waals surface area contributed by atoms with E-state index in [1.54, 1.807) is 0 Å². The molecule has 1 atom stereocenters. The van der Waals surface area contributed by atoms with E-state index < -0.39 is 6.23 Å². The Bertz CT molecular complexity index is 163. The van der Waals surface area contributed by atoms with Gasteiger partial charge in [0.2, 0.25) is 0 Å². The number of nitrogens with two attached hydrogens (primary N) is 1. The van der Waals surface area contributed by atoms with Gasteiger partial charge in [-0.2, -0.15) is 0 Å². The van der Waals surface area contributed by atoms with Crippen LogP contribution in [0.25, 0.3) is 0 Å². The lowest BCUT2D eigenvalue weighted by Crippen LogP contribution is -2.26. The van der Waals surface area contributed by atoms with Crippen LogP contribution in [0, 0.1) is 0 Å². The van der Waals surface area contributed by atoms with Crippen LogP contribution in [0.5, 0.6) is 0 Å². The lowest BCUT2D eigenvalue weighted by atomic mass is 10.4. The van der Waals surface area contributed by atoms with E-state index in [1.165, 1.54) is 11.3 Å². The molecule has 1 rings (SSSR count). The van der Waals surface area contributed by atoms with Crippen molar-refractivity contribution < 1.29 is 5.11 Å². The summed E-state index contributed by atoms with van der Waals surface area (Å²) in [6.07, 6.45) is -0.718. The van der Waals surface area contributed by atoms with Gasteiger partial charge >= 0.3 is 0 Å². The van der Waals surface area contributed by atoms with Gasteiger partial charge in [-0.25, -0.2) is 5.43 Å². The maximum atomic E-state index is 8.99. The molecule has 0 aliphatic rings. The third kappa shape index (κ3) is 1.49. The molecule has 3 nitrogen and oxygen atoms in total. The van der Waals surface area contributed by atoms with Crippen molar-refractivity contribution in [3.63, 3.8) is 0 Å². The molecule has 0 amide bonds. The summed E-state index contributed by atoms with van der Waals surface area (Å²) in [5.74, 6) is 4.97. The average Bonchev–Trinajstić information content (AvgIpc) is 2.37. The van der Waals surface area contributed by atoms with Gasteiger partial charge in [0.25, 0.3) is 0 Å². The molecule has 0 spiro atoms. The van der Waals surface area contributed by atoms with E-state index >= 15 is 0 Å². The van der Waals surface area contributed by atoms with Crippen molar-refractivity contribution in [1.29, 1.82) is 0 Å². The summed E-state index contributed by atoms with van der Waals surface area (Å²) >= 11 is 1.46. The van der Waals surface area contributed by atoms with Crippen molar-refractivity contribution in [2.24, 2.45) is 5.84 Å². The predicted molar refractivity (Wildman–Crippen MR) is 36.6 cm³/mol. The number of rotatable bonds is 2. The van der Waals surface area contributed by atoms with Crippen LogP contribution in [0.1, 0.15) is 11.1 Å². The highest BCUT2D eigenvalue weighted by molar-refractivity contribution is 7.10. The zero-order valence-electron chi connectivity index (χ0n) is 4.74. The molecular weight excluding hydrogens is 136 g/mol. The van der Waals surface area contributed by atoms with Crippen LogP contribution in [-0.4, -0.2) is 5.11 Å². The standard InChI is InChI=1S/C5H8N2OS/c6-7-5(8)4-2-1-3-9-4/h1-3,5,7-8H,6H2. The molecule has 0 bridgehead atoms. The van der Waals surface area contributed by atoms with Gasteiger partial charge in [-0.15, -0.1) is 11.3 Å². The van der Waals surface area contributed by atoms with E-state index in [1.807, 2.05) is 17.5 Å². The highest BCUT2D eigenvalue weighted by Gasteiger charge is 2.02. The van der Waals surface area contributed by atoms with Crippen molar-refractivity contribution in [2.45, 2.75) is 6.23 Å². The monoisotopic (exact) mass is 144 g/mol. The Balaban J connectivity index is 2.65. The topological polar surface area (TPSA) is 58.3 Å². The number of thiophene rings is 1. The second-order valence-electron chi connectivity index (χ2n) is 1.58. The summed E-state index contributed by atoms with van der Waals surface area (Å²) in [7, 11) is 0. The predicted octanol–water partition coefficient (Wildman–Crippen LogP) is 0.202. The number of hydrazine groups is 1. The third-order valence-corrected chi connectivity index (χ3v) is 1.90. The van der Waals surface area contributed by atoms with Gasteiger partial charge in [-0.3, -0.25) is 5.84 Å². The molecule has 50 valence electrons. The molecule has 1 heterocycles. The largest absolute Gasteiger partial charge is 0.372 e. The van der Waals surface area contributed by atoms with Gasteiger partial charge in [0.1, 0.15) is 0 Å². The Morgan fingerprint density at radius 3 is 3.00 bits per heavy atom. The summed E-state index contributed by atoms with van der Waals surface area (Å²) in [6, 6.07) is 3.68. The Kier molecular flexibility index (Phi) is 2.18. The normalized spacial score (nSPS) is 13.6. The summed E-state index contributed by atoms with van der Waals surface area (Å²) in [5.41, 5.74) is 2.23. The van der Waals surface area contributed by atoms with Crippen LogP contribution in [0.15, 0.2) is 17.5 Å². The number of nitrogens with one attached hydrogen (secondary N) is 1. The molecule has 1 aromatic rings. The molecule has 9 heavy (non-hydrogen) atoms. The van der Waals surface area contributed by atoms with Crippen molar-refractivity contribution >= 4 is 11.3 Å². The zero-order chi connectivity index (χ0) is 6.69. The fourth-order valence-electron chi connectivity index (χ4n) is 0.529. The average molecular weight is 144 g/mol. The Hall–Kier alpha value is -0.420. The van der Waals surface area contributed by atoms with E-state index in [2.05, 4.69) is 5.43 Å². The molecule has 1 aromatic heterocycles. The Morgan fingerprint density at radius 2 is 2.56 bits per heavy atom. The summed E-state index contributed by atoms with van der Waals surface area (Å²) < 4.78 is 0. The summed E-state index contributed by atoms with van der Waals surface area (Å²) in [5, 5.41) is 10.9. The summed E-state index contributed by atoms with van der Waals surface area (Å²) in [6.45, 7) is 0. The van der Waals surface area contributed by atoms with Crippen LogP contribution in [0.3, 0.4) is 0 Å². The second kappa shape index (κ2) is 2.93. The Labute approximate surface area is 57.1 Å².